The Morgan fingerprint density at radius 3 is 2.73 bits per heavy atom. The van der Waals surface area contributed by atoms with Crippen LogP contribution in [0.25, 0.3) is 6.08 Å². The lowest BCUT2D eigenvalue weighted by Gasteiger charge is -2.20. The van der Waals surface area contributed by atoms with E-state index >= 15 is 0 Å². The number of amides is 1. The molecule has 1 unspecified atom stereocenters. The van der Waals surface area contributed by atoms with Crippen LogP contribution >= 0.6 is 39.9 Å². The van der Waals surface area contributed by atoms with Crippen molar-refractivity contribution in [1.29, 1.82) is 0 Å². The van der Waals surface area contributed by atoms with Crippen LogP contribution < -0.4 is 0 Å². The number of carbonyl (C=O) groups is 1. The van der Waals surface area contributed by atoms with Crippen LogP contribution in [0.1, 0.15) is 12.0 Å². The van der Waals surface area contributed by atoms with Gasteiger partial charge in [-0.05, 0) is 24.1 Å². The number of benzene rings is 1. The van der Waals surface area contributed by atoms with E-state index in [2.05, 4.69) is 15.9 Å². The molecular weight excluding hydrogens is 406 g/mol. The molecule has 1 amide bonds. The van der Waals surface area contributed by atoms with E-state index in [-0.39, 0.29) is 23.5 Å². The van der Waals surface area contributed by atoms with E-state index in [9.17, 15) is 13.2 Å². The maximum absolute atomic E-state index is 12.6. The SMILES string of the molecule is O=C1/C(=C/c2ccccc2Br)SC(=S)N1C1CCS(=O)(=O)C1. The van der Waals surface area contributed by atoms with Crippen molar-refractivity contribution in [2.75, 3.05) is 11.5 Å². The molecule has 8 heteroatoms. The van der Waals surface area contributed by atoms with Gasteiger partial charge in [-0.15, -0.1) is 0 Å². The third-order valence-corrected chi connectivity index (χ3v) is 7.39. The molecule has 1 aromatic carbocycles. The van der Waals surface area contributed by atoms with Crippen LogP contribution in [0, 0.1) is 0 Å². The maximum Gasteiger partial charge on any atom is 0.266 e. The third-order valence-electron chi connectivity index (χ3n) is 3.59. The normalized spacial score (nSPS) is 26.1. The summed E-state index contributed by atoms with van der Waals surface area (Å²) in [6, 6.07) is 7.26. The molecule has 0 bridgehead atoms. The molecule has 2 fully saturated rings. The predicted molar refractivity (Wildman–Crippen MR) is 96.2 cm³/mol. The highest BCUT2D eigenvalue weighted by Crippen LogP contribution is 2.36. The van der Waals surface area contributed by atoms with Gasteiger partial charge in [-0.25, -0.2) is 8.42 Å². The van der Waals surface area contributed by atoms with Gasteiger partial charge in [-0.2, -0.15) is 0 Å². The number of hydrogen-bond donors (Lipinski definition) is 0. The average Bonchev–Trinajstić information content (AvgIpc) is 2.92. The van der Waals surface area contributed by atoms with Crippen LogP contribution in [-0.4, -0.2) is 41.1 Å². The van der Waals surface area contributed by atoms with E-state index in [1.807, 2.05) is 24.3 Å². The summed E-state index contributed by atoms with van der Waals surface area (Å²) >= 11 is 9.95. The summed E-state index contributed by atoms with van der Waals surface area (Å²) in [6.07, 6.45) is 2.24. The first-order valence-corrected chi connectivity index (χ1v) is 10.4. The molecule has 0 N–H and O–H groups in total. The van der Waals surface area contributed by atoms with E-state index in [4.69, 9.17) is 12.2 Å². The molecular formula is C14H12BrNO3S3. The number of halogens is 1. The second kappa shape index (κ2) is 6.07. The van der Waals surface area contributed by atoms with E-state index in [1.165, 1.54) is 16.7 Å². The average molecular weight is 418 g/mol. The van der Waals surface area contributed by atoms with Crippen molar-refractivity contribution < 1.29 is 13.2 Å². The highest BCUT2D eigenvalue weighted by atomic mass is 79.9. The molecule has 2 aliphatic heterocycles. The predicted octanol–water partition coefficient (Wildman–Crippen LogP) is 2.84. The molecule has 4 nitrogen and oxygen atoms in total. The standard InChI is InChI=1S/C14H12BrNO3S3/c15-11-4-2-1-3-9(11)7-12-13(17)16(14(20)21-12)10-5-6-22(18,19)8-10/h1-4,7,10H,5-6,8H2/b12-7-. The van der Waals surface area contributed by atoms with Crippen LogP contribution in [-0.2, 0) is 14.6 Å². The van der Waals surface area contributed by atoms with Gasteiger partial charge in [-0.1, -0.05) is 58.1 Å². The highest BCUT2D eigenvalue weighted by Gasteiger charge is 2.42. The van der Waals surface area contributed by atoms with Gasteiger partial charge >= 0.3 is 0 Å². The Bertz CT molecular complexity index is 788. The van der Waals surface area contributed by atoms with Gasteiger partial charge in [0, 0.05) is 4.47 Å². The van der Waals surface area contributed by atoms with E-state index < -0.39 is 9.84 Å². The Morgan fingerprint density at radius 2 is 2.09 bits per heavy atom. The fraction of sp³-hybridized carbons (Fsp3) is 0.286. The minimum absolute atomic E-state index is 0.00174. The molecule has 2 saturated heterocycles. The highest BCUT2D eigenvalue weighted by molar-refractivity contribution is 9.10. The van der Waals surface area contributed by atoms with E-state index in [0.29, 0.717) is 15.6 Å². The fourth-order valence-corrected chi connectivity index (χ4v) is 6.00. The maximum atomic E-state index is 12.6. The van der Waals surface area contributed by atoms with Crippen LogP contribution in [0.5, 0.6) is 0 Å². The number of carbonyl (C=O) groups excluding carboxylic acids is 1. The van der Waals surface area contributed by atoms with Gasteiger partial charge in [0.15, 0.2) is 9.84 Å². The fourth-order valence-electron chi connectivity index (χ4n) is 2.51. The molecule has 22 heavy (non-hydrogen) atoms. The second-order valence-corrected chi connectivity index (χ2v) is 9.89. The zero-order valence-electron chi connectivity index (χ0n) is 11.4. The lowest BCUT2D eigenvalue weighted by atomic mass is 10.2. The van der Waals surface area contributed by atoms with Crippen molar-refractivity contribution in [3.05, 3.63) is 39.2 Å². The summed E-state index contributed by atoms with van der Waals surface area (Å²) in [6.45, 7) is 0. The quantitative estimate of drug-likeness (QED) is 0.546. The minimum atomic E-state index is -3.05. The number of thioether (sulfide) groups is 1. The number of sulfone groups is 1. The number of rotatable bonds is 2. The molecule has 0 spiro atoms. The van der Waals surface area contributed by atoms with Crippen LogP contribution in [0.3, 0.4) is 0 Å². The molecule has 2 aliphatic rings. The first-order valence-electron chi connectivity index (χ1n) is 6.59. The van der Waals surface area contributed by atoms with Gasteiger partial charge < -0.3 is 0 Å². The lowest BCUT2D eigenvalue weighted by molar-refractivity contribution is -0.123. The number of thiocarbonyl (C=S) groups is 1. The Hall–Kier alpha value is -0.700. The van der Waals surface area contributed by atoms with E-state index in [1.54, 1.807) is 6.08 Å². The van der Waals surface area contributed by atoms with E-state index in [0.717, 1.165) is 10.0 Å². The first-order chi connectivity index (χ1) is 10.4. The first kappa shape index (κ1) is 16.2. The summed E-state index contributed by atoms with van der Waals surface area (Å²) in [5.74, 6) is -0.0763. The van der Waals surface area contributed by atoms with Crippen LogP contribution in [0.2, 0.25) is 0 Å². The number of hydrogen-bond acceptors (Lipinski definition) is 5. The molecule has 0 radical (unpaired) electrons. The zero-order valence-corrected chi connectivity index (χ0v) is 15.4. The summed E-state index contributed by atoms with van der Waals surface area (Å²) in [5, 5.41) is 0. The van der Waals surface area contributed by atoms with Crippen molar-refractivity contribution >= 4 is 66.1 Å². The molecule has 0 saturated carbocycles. The largest absolute Gasteiger partial charge is 0.289 e. The van der Waals surface area contributed by atoms with Gasteiger partial charge in [0.25, 0.3) is 5.91 Å². The topological polar surface area (TPSA) is 54.5 Å². The smallest absolute Gasteiger partial charge is 0.266 e. The summed E-state index contributed by atoms with van der Waals surface area (Å²) in [4.78, 5) is 14.6. The Labute approximate surface area is 147 Å². The molecule has 1 aromatic rings. The molecule has 3 rings (SSSR count). The molecule has 0 aliphatic carbocycles. The lowest BCUT2D eigenvalue weighted by Crippen LogP contribution is -2.39. The van der Waals surface area contributed by atoms with Gasteiger partial charge in [0.1, 0.15) is 4.32 Å². The molecule has 116 valence electrons. The molecule has 0 aromatic heterocycles. The van der Waals surface area contributed by atoms with Gasteiger partial charge in [0.2, 0.25) is 0 Å². The molecule has 2 heterocycles. The zero-order chi connectivity index (χ0) is 15.9. The van der Waals surface area contributed by atoms with Crippen molar-refractivity contribution in [3.8, 4) is 0 Å². The third kappa shape index (κ3) is 3.15. The van der Waals surface area contributed by atoms with Gasteiger partial charge in [0.05, 0.1) is 22.5 Å². The Kier molecular flexibility index (Phi) is 4.46. The monoisotopic (exact) mass is 417 g/mol. The Morgan fingerprint density at radius 1 is 1.36 bits per heavy atom. The second-order valence-electron chi connectivity index (χ2n) is 5.13. The Balaban J connectivity index is 1.88. The van der Waals surface area contributed by atoms with Crippen LogP contribution in [0.15, 0.2) is 33.6 Å². The number of nitrogens with zero attached hydrogens (tertiary/aromatic N) is 1. The summed E-state index contributed by atoms with van der Waals surface area (Å²) in [7, 11) is -3.05. The minimum Gasteiger partial charge on any atom is -0.289 e. The van der Waals surface area contributed by atoms with Crippen molar-refractivity contribution in [1.82, 2.24) is 4.90 Å². The summed E-state index contributed by atoms with van der Waals surface area (Å²) in [5.41, 5.74) is 0.891. The summed E-state index contributed by atoms with van der Waals surface area (Å²) < 4.78 is 24.6. The van der Waals surface area contributed by atoms with Gasteiger partial charge in [-0.3, -0.25) is 9.69 Å². The van der Waals surface area contributed by atoms with Crippen molar-refractivity contribution in [3.63, 3.8) is 0 Å². The van der Waals surface area contributed by atoms with Crippen LogP contribution in [0.4, 0.5) is 0 Å². The molecule has 1 atom stereocenters. The van der Waals surface area contributed by atoms with Crippen molar-refractivity contribution in [2.24, 2.45) is 0 Å². The van der Waals surface area contributed by atoms with Crippen molar-refractivity contribution in [2.45, 2.75) is 12.5 Å².